The van der Waals surface area contributed by atoms with Crippen LogP contribution in [-0.2, 0) is 0 Å². The maximum absolute atomic E-state index is 4.11. The average Bonchev–Trinajstić information content (AvgIpc) is 2.03. The fraction of sp³-hybridized carbons (Fsp3) is 0.222. The van der Waals surface area contributed by atoms with Crippen LogP contribution in [0, 0.1) is 0 Å². The van der Waals surface area contributed by atoms with E-state index in [0.717, 1.165) is 17.8 Å². The third-order valence-corrected chi connectivity index (χ3v) is 1.35. The summed E-state index contributed by atoms with van der Waals surface area (Å²) in [4.78, 5) is 0. The molecule has 11 heavy (non-hydrogen) atoms. The molecule has 0 aromatic rings. The standard InChI is InChI=1S/C9H12N2/c1-3-10-11-9-7-5-4-6-8(9)2/h4-7,10H,2-3H2,1H3/b11-9-. The van der Waals surface area contributed by atoms with Gasteiger partial charge in [-0.25, -0.2) is 0 Å². The minimum atomic E-state index is 0.842. The van der Waals surface area contributed by atoms with E-state index in [1.165, 1.54) is 0 Å². The van der Waals surface area contributed by atoms with Crippen LogP contribution >= 0.6 is 0 Å². The second-order valence-electron chi connectivity index (χ2n) is 2.25. The van der Waals surface area contributed by atoms with Gasteiger partial charge in [-0.05, 0) is 18.6 Å². The molecule has 2 nitrogen and oxygen atoms in total. The number of nitrogens with zero attached hydrogens (tertiary/aromatic N) is 1. The Bertz CT molecular complexity index is 234. The minimum absolute atomic E-state index is 0.842. The Morgan fingerprint density at radius 1 is 1.45 bits per heavy atom. The lowest BCUT2D eigenvalue weighted by Crippen LogP contribution is -2.09. The maximum Gasteiger partial charge on any atom is 0.0895 e. The molecule has 0 unspecified atom stereocenters. The lowest BCUT2D eigenvalue weighted by molar-refractivity contribution is 0.784. The molecule has 1 rings (SSSR count). The molecule has 0 atom stereocenters. The van der Waals surface area contributed by atoms with Crippen LogP contribution in [0.15, 0.2) is 41.6 Å². The third-order valence-electron chi connectivity index (χ3n) is 1.35. The van der Waals surface area contributed by atoms with Crippen LogP contribution in [0.1, 0.15) is 6.92 Å². The van der Waals surface area contributed by atoms with Crippen molar-refractivity contribution in [2.45, 2.75) is 6.92 Å². The van der Waals surface area contributed by atoms with Gasteiger partial charge in [0, 0.05) is 6.54 Å². The second-order valence-corrected chi connectivity index (χ2v) is 2.25. The Morgan fingerprint density at radius 3 is 2.82 bits per heavy atom. The van der Waals surface area contributed by atoms with E-state index in [1.807, 2.05) is 31.2 Å². The van der Waals surface area contributed by atoms with E-state index in [2.05, 4.69) is 17.1 Å². The van der Waals surface area contributed by atoms with Crippen LogP contribution < -0.4 is 5.43 Å². The van der Waals surface area contributed by atoms with Crippen LogP contribution in [0.25, 0.3) is 0 Å². The Hall–Kier alpha value is -1.31. The van der Waals surface area contributed by atoms with Crippen LogP contribution in [0.3, 0.4) is 0 Å². The van der Waals surface area contributed by atoms with Gasteiger partial charge < -0.3 is 5.43 Å². The van der Waals surface area contributed by atoms with Crippen molar-refractivity contribution in [3.05, 3.63) is 36.5 Å². The zero-order chi connectivity index (χ0) is 8.10. The fourth-order valence-electron chi connectivity index (χ4n) is 0.784. The summed E-state index contributed by atoms with van der Waals surface area (Å²) in [5.74, 6) is 0. The molecular formula is C9H12N2. The van der Waals surface area contributed by atoms with E-state index in [-0.39, 0.29) is 0 Å². The Labute approximate surface area is 67.0 Å². The first-order valence-electron chi connectivity index (χ1n) is 3.69. The minimum Gasteiger partial charge on any atom is -0.310 e. The molecule has 0 aromatic carbocycles. The first-order valence-corrected chi connectivity index (χ1v) is 3.69. The summed E-state index contributed by atoms with van der Waals surface area (Å²) in [6.45, 7) is 6.69. The average molecular weight is 148 g/mol. The van der Waals surface area contributed by atoms with Crippen LogP contribution in [0.2, 0.25) is 0 Å². The molecular weight excluding hydrogens is 136 g/mol. The van der Waals surface area contributed by atoms with Crippen molar-refractivity contribution < 1.29 is 0 Å². The molecule has 0 radical (unpaired) electrons. The van der Waals surface area contributed by atoms with Crippen LogP contribution in [0.5, 0.6) is 0 Å². The monoisotopic (exact) mass is 148 g/mol. The lowest BCUT2D eigenvalue weighted by Gasteiger charge is -2.03. The molecule has 0 amide bonds. The van der Waals surface area contributed by atoms with Crippen molar-refractivity contribution in [1.82, 2.24) is 5.43 Å². The van der Waals surface area contributed by atoms with Gasteiger partial charge in [0.2, 0.25) is 0 Å². The number of hydrogen-bond acceptors (Lipinski definition) is 2. The van der Waals surface area contributed by atoms with Crippen molar-refractivity contribution in [2.24, 2.45) is 5.10 Å². The van der Waals surface area contributed by atoms with Gasteiger partial charge in [-0.2, -0.15) is 5.10 Å². The van der Waals surface area contributed by atoms with Gasteiger partial charge in [0.05, 0.1) is 5.71 Å². The number of hydrogen-bond donors (Lipinski definition) is 1. The van der Waals surface area contributed by atoms with Gasteiger partial charge in [-0.1, -0.05) is 24.8 Å². The zero-order valence-corrected chi connectivity index (χ0v) is 6.67. The van der Waals surface area contributed by atoms with Gasteiger partial charge in [0.1, 0.15) is 0 Å². The van der Waals surface area contributed by atoms with Gasteiger partial charge in [-0.15, -0.1) is 0 Å². The van der Waals surface area contributed by atoms with E-state index >= 15 is 0 Å². The summed E-state index contributed by atoms with van der Waals surface area (Å²) in [7, 11) is 0. The summed E-state index contributed by atoms with van der Waals surface area (Å²) in [5, 5.41) is 4.11. The largest absolute Gasteiger partial charge is 0.310 e. The highest BCUT2D eigenvalue weighted by atomic mass is 15.3. The van der Waals surface area contributed by atoms with Crippen LogP contribution in [-0.4, -0.2) is 12.3 Å². The molecule has 0 aromatic heterocycles. The van der Waals surface area contributed by atoms with Crippen LogP contribution in [0.4, 0.5) is 0 Å². The number of hydrazone groups is 1. The molecule has 0 aliphatic heterocycles. The highest BCUT2D eigenvalue weighted by molar-refractivity contribution is 6.10. The predicted octanol–water partition coefficient (Wildman–Crippen LogP) is 1.63. The normalized spacial score (nSPS) is 19.4. The molecule has 2 heteroatoms. The summed E-state index contributed by atoms with van der Waals surface area (Å²) in [6, 6.07) is 0. The Balaban J connectivity index is 2.65. The molecule has 0 bridgehead atoms. The quantitative estimate of drug-likeness (QED) is 0.591. The highest BCUT2D eigenvalue weighted by Gasteiger charge is 1.98. The Morgan fingerprint density at radius 2 is 2.18 bits per heavy atom. The SMILES string of the molecule is C=C1C=CC=C/C1=N/NCC. The molecule has 0 saturated carbocycles. The van der Waals surface area contributed by atoms with E-state index in [1.54, 1.807) is 0 Å². The van der Waals surface area contributed by atoms with Gasteiger partial charge in [0.25, 0.3) is 0 Å². The summed E-state index contributed by atoms with van der Waals surface area (Å²) in [5.41, 5.74) is 4.75. The molecule has 58 valence electrons. The van der Waals surface area contributed by atoms with Gasteiger partial charge >= 0.3 is 0 Å². The molecule has 1 N–H and O–H groups in total. The molecule has 1 aliphatic carbocycles. The molecule has 0 spiro atoms. The summed E-state index contributed by atoms with van der Waals surface area (Å²) >= 11 is 0. The summed E-state index contributed by atoms with van der Waals surface area (Å²) < 4.78 is 0. The summed E-state index contributed by atoms with van der Waals surface area (Å²) in [6.07, 6.45) is 7.78. The fourth-order valence-corrected chi connectivity index (χ4v) is 0.784. The van der Waals surface area contributed by atoms with E-state index < -0.39 is 0 Å². The smallest absolute Gasteiger partial charge is 0.0895 e. The first kappa shape index (κ1) is 7.79. The second kappa shape index (κ2) is 3.76. The predicted molar refractivity (Wildman–Crippen MR) is 48.5 cm³/mol. The topological polar surface area (TPSA) is 24.4 Å². The molecule has 1 aliphatic rings. The Kier molecular flexibility index (Phi) is 2.66. The lowest BCUT2D eigenvalue weighted by atomic mass is 10.1. The number of allylic oxidation sites excluding steroid dienone is 5. The van der Waals surface area contributed by atoms with E-state index in [0.29, 0.717) is 0 Å². The van der Waals surface area contributed by atoms with E-state index in [4.69, 9.17) is 0 Å². The van der Waals surface area contributed by atoms with Gasteiger partial charge in [-0.3, -0.25) is 0 Å². The third kappa shape index (κ3) is 2.08. The van der Waals surface area contributed by atoms with Crippen molar-refractivity contribution in [1.29, 1.82) is 0 Å². The maximum atomic E-state index is 4.11. The molecule has 0 fully saturated rings. The van der Waals surface area contributed by atoms with Crippen molar-refractivity contribution >= 4 is 5.71 Å². The molecule has 0 heterocycles. The van der Waals surface area contributed by atoms with Crippen molar-refractivity contribution in [3.8, 4) is 0 Å². The van der Waals surface area contributed by atoms with Crippen molar-refractivity contribution in [3.63, 3.8) is 0 Å². The number of rotatable bonds is 2. The zero-order valence-electron chi connectivity index (χ0n) is 6.67. The van der Waals surface area contributed by atoms with Crippen molar-refractivity contribution in [2.75, 3.05) is 6.54 Å². The van der Waals surface area contributed by atoms with Gasteiger partial charge in [0.15, 0.2) is 0 Å². The van der Waals surface area contributed by atoms with E-state index in [9.17, 15) is 0 Å². The number of nitrogens with one attached hydrogen (secondary N) is 1. The molecule has 0 saturated heterocycles. The highest BCUT2D eigenvalue weighted by Crippen LogP contribution is 2.04. The first-order chi connectivity index (χ1) is 5.34.